The first-order valence-corrected chi connectivity index (χ1v) is 7.23. The van der Waals surface area contributed by atoms with E-state index in [1.807, 2.05) is 25.3 Å². The van der Waals surface area contributed by atoms with Crippen LogP contribution in [-0.4, -0.2) is 27.5 Å². The molecule has 1 N–H and O–H groups in total. The van der Waals surface area contributed by atoms with Gasteiger partial charge in [0.15, 0.2) is 5.78 Å². The average molecular weight is 291 g/mol. The molecule has 6 heteroatoms. The molecule has 0 spiro atoms. The second-order valence-electron chi connectivity index (χ2n) is 4.77. The third-order valence-electron chi connectivity index (χ3n) is 2.90. The fourth-order valence-electron chi connectivity index (χ4n) is 1.99. The first-order valence-electron chi connectivity index (χ1n) is 6.35. The Balaban J connectivity index is 1.94. The van der Waals surface area contributed by atoms with Crippen molar-refractivity contribution in [2.75, 3.05) is 0 Å². The lowest BCUT2D eigenvalue weighted by molar-refractivity contribution is 0.0912. The second kappa shape index (κ2) is 6.00. The standard InChI is InChI=1S/C14H17N3O2S/c1-9(8-12(18)13-5-4-6-20-13)15-14(19)11-7-10(2)16-17(11)3/h4-7,9H,8H2,1-3H3,(H,15,19)/t9-/m0/s1. The number of nitrogens with zero attached hydrogens (tertiary/aromatic N) is 2. The Morgan fingerprint density at radius 3 is 2.80 bits per heavy atom. The molecule has 2 aromatic heterocycles. The van der Waals surface area contributed by atoms with E-state index in [1.165, 1.54) is 11.3 Å². The lowest BCUT2D eigenvalue weighted by Gasteiger charge is -2.12. The Hall–Kier alpha value is -1.95. The van der Waals surface area contributed by atoms with Crippen molar-refractivity contribution in [3.05, 3.63) is 39.8 Å². The molecule has 0 aliphatic carbocycles. The number of rotatable bonds is 5. The van der Waals surface area contributed by atoms with Crippen LogP contribution in [0.4, 0.5) is 0 Å². The molecule has 106 valence electrons. The molecule has 0 saturated carbocycles. The van der Waals surface area contributed by atoms with Crippen LogP contribution in [-0.2, 0) is 7.05 Å². The Morgan fingerprint density at radius 1 is 1.50 bits per heavy atom. The van der Waals surface area contributed by atoms with Gasteiger partial charge in [0.05, 0.1) is 10.6 Å². The molecule has 20 heavy (non-hydrogen) atoms. The van der Waals surface area contributed by atoms with Crippen LogP contribution in [0.1, 0.15) is 39.2 Å². The van der Waals surface area contributed by atoms with E-state index >= 15 is 0 Å². The zero-order valence-electron chi connectivity index (χ0n) is 11.7. The normalized spacial score (nSPS) is 12.2. The molecule has 0 radical (unpaired) electrons. The van der Waals surface area contributed by atoms with Gasteiger partial charge in [-0.25, -0.2) is 0 Å². The number of hydrogen-bond donors (Lipinski definition) is 1. The molecule has 1 atom stereocenters. The highest BCUT2D eigenvalue weighted by Crippen LogP contribution is 2.12. The van der Waals surface area contributed by atoms with Crippen LogP contribution in [0.2, 0.25) is 0 Å². The number of nitrogens with one attached hydrogen (secondary N) is 1. The number of aryl methyl sites for hydroxylation is 2. The average Bonchev–Trinajstić information content (AvgIpc) is 2.98. The number of carbonyl (C=O) groups excluding carboxylic acids is 2. The minimum absolute atomic E-state index is 0.0500. The van der Waals surface area contributed by atoms with E-state index in [0.717, 1.165) is 10.6 Å². The first-order chi connectivity index (χ1) is 9.47. The zero-order valence-corrected chi connectivity index (χ0v) is 12.5. The molecule has 1 amide bonds. The lowest BCUT2D eigenvalue weighted by atomic mass is 10.1. The molecule has 2 rings (SSSR count). The highest BCUT2D eigenvalue weighted by Gasteiger charge is 2.17. The number of amides is 1. The summed E-state index contributed by atoms with van der Waals surface area (Å²) in [6.45, 7) is 3.66. The molecule has 0 fully saturated rings. The second-order valence-corrected chi connectivity index (χ2v) is 5.72. The maximum atomic E-state index is 12.1. The third-order valence-corrected chi connectivity index (χ3v) is 3.81. The van der Waals surface area contributed by atoms with Crippen LogP contribution >= 0.6 is 11.3 Å². The van der Waals surface area contributed by atoms with Gasteiger partial charge in [0.2, 0.25) is 0 Å². The minimum atomic E-state index is -0.215. The van der Waals surface area contributed by atoms with Crippen molar-refractivity contribution in [2.24, 2.45) is 7.05 Å². The summed E-state index contributed by atoms with van der Waals surface area (Å²) < 4.78 is 1.54. The molecule has 0 saturated heterocycles. The molecule has 2 aromatic rings. The SMILES string of the molecule is Cc1cc(C(=O)N[C@@H](C)CC(=O)c2cccs2)n(C)n1. The third kappa shape index (κ3) is 3.33. The Morgan fingerprint density at radius 2 is 2.25 bits per heavy atom. The van der Waals surface area contributed by atoms with E-state index in [-0.39, 0.29) is 17.7 Å². The maximum Gasteiger partial charge on any atom is 0.269 e. The Kier molecular flexibility index (Phi) is 4.34. The molecule has 0 aliphatic heterocycles. The maximum absolute atomic E-state index is 12.1. The van der Waals surface area contributed by atoms with Crippen molar-refractivity contribution in [3.63, 3.8) is 0 Å². The van der Waals surface area contributed by atoms with Crippen molar-refractivity contribution >= 4 is 23.0 Å². The summed E-state index contributed by atoms with van der Waals surface area (Å²) in [5.74, 6) is -0.159. The zero-order chi connectivity index (χ0) is 14.7. The summed E-state index contributed by atoms with van der Waals surface area (Å²) in [7, 11) is 1.73. The summed E-state index contributed by atoms with van der Waals surface area (Å²) >= 11 is 1.42. The van der Waals surface area contributed by atoms with Gasteiger partial charge in [-0.05, 0) is 31.4 Å². The molecule has 0 aromatic carbocycles. The van der Waals surface area contributed by atoms with Crippen LogP contribution in [0.3, 0.4) is 0 Å². The van der Waals surface area contributed by atoms with Crippen LogP contribution in [0.25, 0.3) is 0 Å². The smallest absolute Gasteiger partial charge is 0.269 e. The van der Waals surface area contributed by atoms with Gasteiger partial charge in [-0.15, -0.1) is 11.3 Å². The fourth-order valence-corrected chi connectivity index (χ4v) is 2.66. The van der Waals surface area contributed by atoms with Gasteiger partial charge in [0.25, 0.3) is 5.91 Å². The summed E-state index contributed by atoms with van der Waals surface area (Å²) in [4.78, 5) is 24.7. The van der Waals surface area contributed by atoms with Gasteiger partial charge in [0, 0.05) is 19.5 Å². The highest BCUT2D eigenvalue weighted by molar-refractivity contribution is 7.12. The van der Waals surface area contributed by atoms with Crippen LogP contribution in [0.5, 0.6) is 0 Å². The van der Waals surface area contributed by atoms with Crippen molar-refractivity contribution in [1.29, 1.82) is 0 Å². The van der Waals surface area contributed by atoms with Crippen LogP contribution < -0.4 is 5.32 Å². The molecule has 5 nitrogen and oxygen atoms in total. The van der Waals surface area contributed by atoms with Gasteiger partial charge in [-0.3, -0.25) is 14.3 Å². The van der Waals surface area contributed by atoms with E-state index in [9.17, 15) is 9.59 Å². The number of thiophene rings is 1. The Labute approximate surface area is 121 Å². The van der Waals surface area contributed by atoms with E-state index < -0.39 is 0 Å². The Bertz CT molecular complexity index is 616. The summed E-state index contributed by atoms with van der Waals surface area (Å²) in [6, 6.07) is 5.15. The first kappa shape index (κ1) is 14.5. The predicted molar refractivity (Wildman–Crippen MR) is 78.1 cm³/mol. The molecular formula is C14H17N3O2S. The van der Waals surface area contributed by atoms with Crippen molar-refractivity contribution < 1.29 is 9.59 Å². The van der Waals surface area contributed by atoms with E-state index in [2.05, 4.69) is 10.4 Å². The van der Waals surface area contributed by atoms with E-state index in [0.29, 0.717) is 12.1 Å². The number of ketones is 1. The van der Waals surface area contributed by atoms with Crippen LogP contribution in [0.15, 0.2) is 23.6 Å². The largest absolute Gasteiger partial charge is 0.348 e. The number of carbonyl (C=O) groups is 2. The van der Waals surface area contributed by atoms with Gasteiger partial charge in [-0.1, -0.05) is 6.07 Å². The summed E-state index contributed by atoms with van der Waals surface area (Å²) in [5.41, 5.74) is 1.29. The van der Waals surface area contributed by atoms with E-state index in [4.69, 9.17) is 0 Å². The van der Waals surface area contributed by atoms with Gasteiger partial charge in [0.1, 0.15) is 5.69 Å². The van der Waals surface area contributed by atoms with Crippen LogP contribution in [0, 0.1) is 6.92 Å². The van der Waals surface area contributed by atoms with Crippen molar-refractivity contribution in [3.8, 4) is 0 Å². The molecular weight excluding hydrogens is 274 g/mol. The van der Waals surface area contributed by atoms with Crippen molar-refractivity contribution in [2.45, 2.75) is 26.3 Å². The van der Waals surface area contributed by atoms with Gasteiger partial charge < -0.3 is 5.32 Å². The number of aromatic nitrogens is 2. The van der Waals surface area contributed by atoms with Crippen molar-refractivity contribution in [1.82, 2.24) is 15.1 Å². The lowest BCUT2D eigenvalue weighted by Crippen LogP contribution is -2.35. The molecule has 0 bridgehead atoms. The quantitative estimate of drug-likeness (QED) is 0.859. The van der Waals surface area contributed by atoms with Gasteiger partial charge >= 0.3 is 0 Å². The minimum Gasteiger partial charge on any atom is -0.348 e. The summed E-state index contributed by atoms with van der Waals surface area (Å²) in [5, 5.41) is 8.83. The summed E-state index contributed by atoms with van der Waals surface area (Å²) in [6.07, 6.45) is 0.295. The number of hydrogen-bond acceptors (Lipinski definition) is 4. The van der Waals surface area contributed by atoms with E-state index in [1.54, 1.807) is 23.9 Å². The topological polar surface area (TPSA) is 64.0 Å². The van der Waals surface area contributed by atoms with Gasteiger partial charge in [-0.2, -0.15) is 5.10 Å². The monoisotopic (exact) mass is 291 g/mol. The number of Topliss-reactive ketones (excluding diaryl/α,β-unsaturated/α-hetero) is 1. The predicted octanol–water partition coefficient (Wildman–Crippen LogP) is 2.18. The fraction of sp³-hybridized carbons (Fsp3) is 0.357. The molecule has 2 heterocycles. The highest BCUT2D eigenvalue weighted by atomic mass is 32.1. The molecule has 0 unspecified atom stereocenters. The molecule has 0 aliphatic rings.